The van der Waals surface area contributed by atoms with Crippen molar-refractivity contribution >= 4 is 34.9 Å². The van der Waals surface area contributed by atoms with Crippen molar-refractivity contribution in [3.05, 3.63) is 69.3 Å². The zero-order chi connectivity index (χ0) is 22.8. The number of rotatable bonds is 7. The predicted octanol–water partition coefficient (Wildman–Crippen LogP) is 4.67. The molecule has 3 aromatic rings. The number of methoxy groups -OCH3 is 1. The average molecular weight is 473 g/mol. The number of aromatic nitrogens is 2. The Morgan fingerprint density at radius 1 is 1.22 bits per heavy atom. The summed E-state index contributed by atoms with van der Waals surface area (Å²) >= 11 is 12.4. The molecule has 166 valence electrons. The molecule has 0 spiro atoms. The van der Waals surface area contributed by atoms with E-state index in [0.717, 1.165) is 12.0 Å². The van der Waals surface area contributed by atoms with Crippen LogP contribution in [0, 0.1) is 0 Å². The third-order valence-corrected chi connectivity index (χ3v) is 5.88. The highest BCUT2D eigenvalue weighted by atomic mass is 35.5. The number of carbonyl (C=O) groups excluding carboxylic acids is 1. The summed E-state index contributed by atoms with van der Waals surface area (Å²) in [6, 6.07) is 12.8. The largest absolute Gasteiger partial charge is 0.478 e. The number of hydrogen-bond donors (Lipinski definition) is 2. The molecule has 1 aliphatic rings. The SMILES string of the molecule is CCOC1Cc2ccccc2C1Nc1nc(C(N)=O)c(-c2ccc(Cl)cc2Cl)nc1OC. The normalized spacial score (nSPS) is 17.1. The van der Waals surface area contributed by atoms with E-state index in [-0.39, 0.29) is 29.4 Å². The third kappa shape index (κ3) is 4.24. The molecule has 2 unspecified atom stereocenters. The van der Waals surface area contributed by atoms with Gasteiger partial charge in [0, 0.05) is 23.6 Å². The predicted molar refractivity (Wildman–Crippen MR) is 124 cm³/mol. The van der Waals surface area contributed by atoms with Crippen LogP contribution in [0.2, 0.25) is 10.0 Å². The second-order valence-electron chi connectivity index (χ2n) is 7.29. The number of nitrogens with two attached hydrogens (primary N) is 1. The zero-order valence-electron chi connectivity index (χ0n) is 17.6. The van der Waals surface area contributed by atoms with Gasteiger partial charge in [-0.1, -0.05) is 47.5 Å². The molecule has 0 aliphatic heterocycles. The minimum atomic E-state index is -0.739. The monoisotopic (exact) mass is 472 g/mol. The maximum atomic E-state index is 12.3. The first-order valence-corrected chi connectivity index (χ1v) is 10.9. The number of primary amides is 1. The molecule has 0 saturated carbocycles. The number of nitrogens with zero attached hydrogens (tertiary/aromatic N) is 2. The van der Waals surface area contributed by atoms with Crippen molar-refractivity contribution < 1.29 is 14.3 Å². The molecule has 0 fully saturated rings. The molecule has 1 aromatic heterocycles. The third-order valence-electron chi connectivity index (χ3n) is 5.33. The van der Waals surface area contributed by atoms with Crippen molar-refractivity contribution in [2.75, 3.05) is 19.0 Å². The van der Waals surface area contributed by atoms with Gasteiger partial charge in [0.1, 0.15) is 5.69 Å². The number of fused-ring (bicyclic) bond motifs is 1. The number of anilines is 1. The summed E-state index contributed by atoms with van der Waals surface area (Å²) in [6.07, 6.45) is 0.657. The lowest BCUT2D eigenvalue weighted by molar-refractivity contribution is 0.0573. The van der Waals surface area contributed by atoms with Gasteiger partial charge in [-0.05, 0) is 36.2 Å². The molecule has 1 heterocycles. The second kappa shape index (κ2) is 9.32. The fraction of sp³-hybridized carbons (Fsp3) is 0.261. The van der Waals surface area contributed by atoms with Crippen molar-refractivity contribution in [1.82, 2.24) is 9.97 Å². The molecule has 0 saturated heterocycles. The minimum absolute atomic E-state index is 0.0308. The molecule has 7 nitrogen and oxygen atoms in total. The molecule has 32 heavy (non-hydrogen) atoms. The van der Waals surface area contributed by atoms with Gasteiger partial charge in [-0.3, -0.25) is 4.79 Å². The standard InChI is InChI=1S/C23H22Cl2N4O3/c1-3-32-17-10-12-6-4-5-7-14(12)18(17)27-22-23(31-2)29-19(20(28-22)21(26)30)15-9-8-13(24)11-16(15)25/h4-9,11,17-18H,3,10H2,1-2H3,(H2,26,30)(H,27,28). The number of ether oxygens (including phenoxy) is 2. The van der Waals surface area contributed by atoms with Gasteiger partial charge in [0.05, 0.1) is 24.3 Å². The van der Waals surface area contributed by atoms with Crippen molar-refractivity contribution in [2.24, 2.45) is 5.73 Å². The quantitative estimate of drug-likeness (QED) is 0.518. The smallest absolute Gasteiger partial charge is 0.269 e. The number of carbonyl (C=O) groups is 1. The molecule has 0 bridgehead atoms. The van der Waals surface area contributed by atoms with Crippen LogP contribution < -0.4 is 15.8 Å². The maximum absolute atomic E-state index is 12.3. The summed E-state index contributed by atoms with van der Waals surface area (Å²) in [5.41, 5.74) is 8.59. The number of amides is 1. The van der Waals surface area contributed by atoms with Crippen LogP contribution in [0.25, 0.3) is 11.3 Å². The summed E-state index contributed by atoms with van der Waals surface area (Å²) in [6.45, 7) is 2.52. The lowest BCUT2D eigenvalue weighted by Gasteiger charge is -2.23. The highest BCUT2D eigenvalue weighted by Gasteiger charge is 2.34. The summed E-state index contributed by atoms with van der Waals surface area (Å²) in [7, 11) is 1.48. The van der Waals surface area contributed by atoms with Gasteiger partial charge in [0.25, 0.3) is 11.8 Å². The maximum Gasteiger partial charge on any atom is 0.269 e. The van der Waals surface area contributed by atoms with E-state index in [1.807, 2.05) is 25.1 Å². The summed E-state index contributed by atoms with van der Waals surface area (Å²) in [5, 5.41) is 4.14. The van der Waals surface area contributed by atoms with E-state index in [1.165, 1.54) is 12.7 Å². The summed E-state index contributed by atoms with van der Waals surface area (Å²) in [5.74, 6) is -0.241. The Bertz CT molecular complexity index is 1170. The van der Waals surface area contributed by atoms with Crippen molar-refractivity contribution in [1.29, 1.82) is 0 Å². The first kappa shape index (κ1) is 22.3. The van der Waals surface area contributed by atoms with E-state index in [4.69, 9.17) is 38.4 Å². The van der Waals surface area contributed by atoms with Crippen molar-refractivity contribution in [3.8, 4) is 17.1 Å². The molecule has 9 heteroatoms. The molecular weight excluding hydrogens is 451 g/mol. The van der Waals surface area contributed by atoms with Gasteiger partial charge in [-0.2, -0.15) is 0 Å². The van der Waals surface area contributed by atoms with Gasteiger partial charge >= 0.3 is 0 Å². The van der Waals surface area contributed by atoms with Gasteiger partial charge in [0.2, 0.25) is 0 Å². The number of benzene rings is 2. The van der Waals surface area contributed by atoms with Crippen LogP contribution in [0.15, 0.2) is 42.5 Å². The first-order chi connectivity index (χ1) is 15.4. The second-order valence-corrected chi connectivity index (χ2v) is 8.13. The van der Waals surface area contributed by atoms with E-state index in [0.29, 0.717) is 28.0 Å². The van der Waals surface area contributed by atoms with Gasteiger partial charge in [-0.25, -0.2) is 9.97 Å². The number of halogens is 2. The van der Waals surface area contributed by atoms with Gasteiger partial charge < -0.3 is 20.5 Å². The Hall–Kier alpha value is -2.87. The van der Waals surface area contributed by atoms with E-state index in [1.54, 1.807) is 18.2 Å². The lowest BCUT2D eigenvalue weighted by Crippen LogP contribution is -2.26. The number of nitrogens with one attached hydrogen (secondary N) is 1. The molecule has 0 radical (unpaired) electrons. The van der Waals surface area contributed by atoms with E-state index < -0.39 is 5.91 Å². The Morgan fingerprint density at radius 3 is 2.69 bits per heavy atom. The first-order valence-electron chi connectivity index (χ1n) is 10.1. The van der Waals surface area contributed by atoms with E-state index in [2.05, 4.69) is 21.4 Å². The average Bonchev–Trinajstić information content (AvgIpc) is 3.11. The van der Waals surface area contributed by atoms with Crippen LogP contribution in [0.4, 0.5) is 5.82 Å². The van der Waals surface area contributed by atoms with Crippen LogP contribution in [0.5, 0.6) is 5.88 Å². The topological polar surface area (TPSA) is 99.4 Å². The van der Waals surface area contributed by atoms with Gasteiger partial charge in [0.15, 0.2) is 11.5 Å². The van der Waals surface area contributed by atoms with Crippen LogP contribution in [-0.2, 0) is 11.2 Å². The minimum Gasteiger partial charge on any atom is -0.478 e. The Labute approximate surface area is 195 Å². The van der Waals surface area contributed by atoms with Crippen LogP contribution in [0.1, 0.15) is 34.6 Å². The molecule has 1 amide bonds. The molecule has 2 aromatic carbocycles. The lowest BCUT2D eigenvalue weighted by atomic mass is 10.1. The number of hydrogen-bond acceptors (Lipinski definition) is 6. The van der Waals surface area contributed by atoms with Crippen molar-refractivity contribution in [3.63, 3.8) is 0 Å². The summed E-state index contributed by atoms with van der Waals surface area (Å²) in [4.78, 5) is 21.3. The fourth-order valence-corrected chi connectivity index (χ4v) is 4.44. The van der Waals surface area contributed by atoms with Crippen LogP contribution in [0.3, 0.4) is 0 Å². The van der Waals surface area contributed by atoms with E-state index >= 15 is 0 Å². The Morgan fingerprint density at radius 2 is 2.00 bits per heavy atom. The summed E-state index contributed by atoms with van der Waals surface area (Å²) < 4.78 is 11.5. The highest BCUT2D eigenvalue weighted by molar-refractivity contribution is 6.36. The molecule has 3 N–H and O–H groups in total. The van der Waals surface area contributed by atoms with Crippen LogP contribution >= 0.6 is 23.2 Å². The van der Waals surface area contributed by atoms with Crippen LogP contribution in [-0.4, -0.2) is 35.7 Å². The van der Waals surface area contributed by atoms with Gasteiger partial charge in [-0.15, -0.1) is 0 Å². The molecular formula is C23H22Cl2N4O3. The Kier molecular flexibility index (Phi) is 6.50. The Balaban J connectivity index is 1.79. The molecule has 1 aliphatic carbocycles. The van der Waals surface area contributed by atoms with E-state index in [9.17, 15) is 4.79 Å². The molecule has 2 atom stereocenters. The molecule has 4 rings (SSSR count). The highest BCUT2D eigenvalue weighted by Crippen LogP contribution is 2.39. The van der Waals surface area contributed by atoms with Crippen molar-refractivity contribution in [2.45, 2.75) is 25.5 Å². The zero-order valence-corrected chi connectivity index (χ0v) is 19.1. The fourth-order valence-electron chi connectivity index (χ4n) is 3.94.